The molecule has 20 heavy (non-hydrogen) atoms. The van der Waals surface area contributed by atoms with Gasteiger partial charge < -0.3 is 4.90 Å². The Morgan fingerprint density at radius 3 is 2.50 bits per heavy atom. The summed E-state index contributed by atoms with van der Waals surface area (Å²) >= 11 is 14.3. The third kappa shape index (κ3) is 3.65. The zero-order chi connectivity index (χ0) is 14.7. The van der Waals surface area contributed by atoms with E-state index >= 15 is 0 Å². The van der Waals surface area contributed by atoms with Crippen LogP contribution in [0.1, 0.15) is 15.9 Å². The van der Waals surface area contributed by atoms with E-state index in [0.29, 0.717) is 22.2 Å². The van der Waals surface area contributed by atoms with Crippen LogP contribution in [0.5, 0.6) is 0 Å². The average Bonchev–Trinajstić information content (AvgIpc) is 2.43. The molecule has 2 aromatic rings. The van der Waals surface area contributed by atoms with Crippen molar-refractivity contribution in [3.63, 3.8) is 0 Å². The van der Waals surface area contributed by atoms with Gasteiger partial charge in [-0.1, -0.05) is 41.4 Å². The van der Waals surface area contributed by atoms with E-state index in [-0.39, 0.29) is 5.91 Å². The molecule has 0 aromatic heterocycles. The topological polar surface area (TPSA) is 20.3 Å². The van der Waals surface area contributed by atoms with E-state index in [0.717, 1.165) is 9.13 Å². The van der Waals surface area contributed by atoms with E-state index in [1.54, 1.807) is 24.1 Å². The molecule has 0 bridgehead atoms. The van der Waals surface area contributed by atoms with E-state index < -0.39 is 0 Å². The second-order valence-electron chi connectivity index (χ2n) is 4.38. The van der Waals surface area contributed by atoms with Crippen molar-refractivity contribution >= 4 is 51.7 Å². The van der Waals surface area contributed by atoms with E-state index in [9.17, 15) is 4.79 Å². The SMILES string of the molecule is CN(Cc1ccccc1Cl)C(=O)c1ccc(I)c(Cl)c1. The monoisotopic (exact) mass is 419 g/mol. The highest BCUT2D eigenvalue weighted by Gasteiger charge is 2.14. The van der Waals surface area contributed by atoms with Crippen molar-refractivity contribution in [3.05, 3.63) is 67.2 Å². The molecule has 0 fully saturated rings. The quantitative estimate of drug-likeness (QED) is 0.650. The van der Waals surface area contributed by atoms with Crippen molar-refractivity contribution in [2.45, 2.75) is 6.54 Å². The Balaban J connectivity index is 2.16. The van der Waals surface area contributed by atoms with Crippen molar-refractivity contribution in [3.8, 4) is 0 Å². The number of carbonyl (C=O) groups is 1. The van der Waals surface area contributed by atoms with Crippen molar-refractivity contribution in [1.29, 1.82) is 0 Å². The molecule has 2 nitrogen and oxygen atoms in total. The molecule has 0 saturated heterocycles. The highest BCUT2D eigenvalue weighted by atomic mass is 127. The maximum atomic E-state index is 12.3. The van der Waals surface area contributed by atoms with E-state index in [4.69, 9.17) is 23.2 Å². The van der Waals surface area contributed by atoms with E-state index in [1.165, 1.54) is 0 Å². The lowest BCUT2D eigenvalue weighted by molar-refractivity contribution is 0.0785. The van der Waals surface area contributed by atoms with Crippen LogP contribution in [-0.2, 0) is 6.54 Å². The Labute approximate surface area is 141 Å². The Kier molecular flexibility index (Phi) is 5.29. The third-order valence-electron chi connectivity index (χ3n) is 2.88. The summed E-state index contributed by atoms with van der Waals surface area (Å²) in [4.78, 5) is 14.0. The molecule has 0 saturated carbocycles. The van der Waals surface area contributed by atoms with Crippen molar-refractivity contribution in [2.75, 3.05) is 7.05 Å². The van der Waals surface area contributed by atoms with Crippen molar-refractivity contribution in [1.82, 2.24) is 4.90 Å². The molecule has 0 N–H and O–H groups in total. The Hall–Kier alpha value is -0.780. The Morgan fingerprint density at radius 1 is 1.15 bits per heavy atom. The second-order valence-corrected chi connectivity index (χ2v) is 6.36. The molecule has 5 heteroatoms. The fourth-order valence-electron chi connectivity index (χ4n) is 1.80. The first kappa shape index (κ1) is 15.6. The number of halogens is 3. The van der Waals surface area contributed by atoms with Crippen LogP contribution < -0.4 is 0 Å². The normalized spacial score (nSPS) is 10.4. The third-order valence-corrected chi connectivity index (χ3v) is 4.82. The molecule has 104 valence electrons. The van der Waals surface area contributed by atoms with Gasteiger partial charge >= 0.3 is 0 Å². The first-order valence-corrected chi connectivity index (χ1v) is 7.76. The van der Waals surface area contributed by atoms with Gasteiger partial charge in [0.25, 0.3) is 5.91 Å². The minimum absolute atomic E-state index is 0.0804. The van der Waals surface area contributed by atoms with Crippen molar-refractivity contribution in [2.24, 2.45) is 0 Å². The molecule has 0 atom stereocenters. The smallest absolute Gasteiger partial charge is 0.253 e. The van der Waals surface area contributed by atoms with Crippen LogP contribution in [-0.4, -0.2) is 17.9 Å². The molecule has 0 aliphatic rings. The summed E-state index contributed by atoms with van der Waals surface area (Å²) in [6, 6.07) is 12.8. The predicted octanol–water partition coefficient (Wildman–Crippen LogP) is 4.87. The lowest BCUT2D eigenvalue weighted by atomic mass is 10.1. The van der Waals surface area contributed by atoms with Crippen molar-refractivity contribution < 1.29 is 4.79 Å². The van der Waals surface area contributed by atoms with Gasteiger partial charge in [-0.3, -0.25) is 4.79 Å². The molecule has 0 radical (unpaired) electrons. The summed E-state index contributed by atoms with van der Waals surface area (Å²) in [5.74, 6) is -0.0804. The van der Waals surface area contributed by atoms with E-state index in [2.05, 4.69) is 22.6 Å². The molecule has 2 rings (SSSR count). The zero-order valence-corrected chi connectivity index (χ0v) is 14.4. The minimum atomic E-state index is -0.0804. The van der Waals surface area contributed by atoms with Gasteiger partial charge in [0.1, 0.15) is 0 Å². The van der Waals surface area contributed by atoms with Gasteiger partial charge in [-0.2, -0.15) is 0 Å². The molecule has 0 unspecified atom stereocenters. The fraction of sp³-hybridized carbons (Fsp3) is 0.133. The molecule has 0 heterocycles. The van der Waals surface area contributed by atoms with Crippen LogP contribution >= 0.6 is 45.8 Å². The molecule has 2 aromatic carbocycles. The number of carbonyl (C=O) groups excluding carboxylic acids is 1. The maximum absolute atomic E-state index is 12.3. The van der Waals surface area contributed by atoms with Crippen LogP contribution in [0.4, 0.5) is 0 Å². The summed E-state index contributed by atoms with van der Waals surface area (Å²) in [6.07, 6.45) is 0. The molecule has 0 spiro atoms. The number of nitrogens with zero attached hydrogens (tertiary/aromatic N) is 1. The number of hydrogen-bond donors (Lipinski definition) is 0. The minimum Gasteiger partial charge on any atom is -0.337 e. The van der Waals surface area contributed by atoms with Gasteiger partial charge in [-0.25, -0.2) is 0 Å². The number of amides is 1. The Bertz CT molecular complexity index is 646. The molecule has 1 amide bonds. The van der Waals surface area contributed by atoms with Crippen LogP contribution in [0.25, 0.3) is 0 Å². The second kappa shape index (κ2) is 6.78. The highest BCUT2D eigenvalue weighted by Crippen LogP contribution is 2.21. The zero-order valence-electron chi connectivity index (χ0n) is 10.7. The molecular formula is C15H12Cl2INO. The highest BCUT2D eigenvalue weighted by molar-refractivity contribution is 14.1. The summed E-state index contributed by atoms with van der Waals surface area (Å²) in [7, 11) is 1.75. The van der Waals surface area contributed by atoms with Crippen LogP contribution in [0.2, 0.25) is 10.0 Å². The van der Waals surface area contributed by atoms with Gasteiger partial charge in [0.2, 0.25) is 0 Å². The molecule has 0 aliphatic heterocycles. The number of rotatable bonds is 3. The van der Waals surface area contributed by atoms with Crippen LogP contribution in [0, 0.1) is 3.57 Å². The average molecular weight is 420 g/mol. The van der Waals surface area contributed by atoms with Gasteiger partial charge in [0.15, 0.2) is 0 Å². The predicted molar refractivity (Wildman–Crippen MR) is 91.4 cm³/mol. The van der Waals surface area contributed by atoms with Gasteiger partial charge in [-0.05, 0) is 52.4 Å². The van der Waals surface area contributed by atoms with Gasteiger partial charge in [-0.15, -0.1) is 0 Å². The van der Waals surface area contributed by atoms with E-state index in [1.807, 2.05) is 30.3 Å². The largest absolute Gasteiger partial charge is 0.337 e. The maximum Gasteiger partial charge on any atom is 0.253 e. The lowest BCUT2D eigenvalue weighted by Gasteiger charge is -2.18. The summed E-state index contributed by atoms with van der Waals surface area (Å²) in [5.41, 5.74) is 1.49. The number of hydrogen-bond acceptors (Lipinski definition) is 1. The number of benzene rings is 2. The fourth-order valence-corrected chi connectivity index (χ4v) is 2.52. The Morgan fingerprint density at radius 2 is 1.85 bits per heavy atom. The summed E-state index contributed by atoms with van der Waals surface area (Å²) < 4.78 is 0.926. The lowest BCUT2D eigenvalue weighted by Crippen LogP contribution is -2.26. The molecule has 0 aliphatic carbocycles. The standard InChI is InChI=1S/C15H12Cl2INO/c1-19(9-11-4-2-3-5-12(11)16)15(20)10-6-7-14(18)13(17)8-10/h2-8H,9H2,1H3. The first-order chi connectivity index (χ1) is 9.49. The van der Waals surface area contributed by atoms with Gasteiger partial charge in [0.05, 0.1) is 5.02 Å². The van der Waals surface area contributed by atoms with Crippen LogP contribution in [0.15, 0.2) is 42.5 Å². The first-order valence-electron chi connectivity index (χ1n) is 5.93. The molecular weight excluding hydrogens is 408 g/mol. The summed E-state index contributed by atoms with van der Waals surface area (Å²) in [5, 5.41) is 1.25. The van der Waals surface area contributed by atoms with Gasteiger partial charge in [0, 0.05) is 27.7 Å². The van der Waals surface area contributed by atoms with Crippen LogP contribution in [0.3, 0.4) is 0 Å². The summed E-state index contributed by atoms with van der Waals surface area (Å²) in [6.45, 7) is 0.460.